The molecule has 0 fully saturated rings. The molecular formula is C16H15N3O2. The molecule has 0 saturated carbocycles. The molecule has 2 aromatic carbocycles. The van der Waals surface area contributed by atoms with E-state index in [1.165, 1.54) is 0 Å². The number of hydrogen-bond donors (Lipinski definition) is 2. The number of anilines is 1. The molecule has 0 radical (unpaired) electrons. The molecule has 0 unspecified atom stereocenters. The number of fused-ring (bicyclic) bond motifs is 1. The molecule has 0 spiro atoms. The quantitative estimate of drug-likeness (QED) is 0.775. The third-order valence-electron chi connectivity index (χ3n) is 3.39. The first kappa shape index (κ1) is 13.2. The highest BCUT2D eigenvalue weighted by atomic mass is 16.3. The van der Waals surface area contributed by atoms with Gasteiger partial charge in [0.1, 0.15) is 5.75 Å². The molecule has 3 aromatic rings. The zero-order valence-electron chi connectivity index (χ0n) is 11.6. The lowest BCUT2D eigenvalue weighted by atomic mass is 10.1. The van der Waals surface area contributed by atoms with E-state index in [2.05, 4.69) is 10.2 Å². The number of aromatic hydroxyl groups is 1. The van der Waals surface area contributed by atoms with Gasteiger partial charge in [-0.25, -0.2) is 0 Å². The van der Waals surface area contributed by atoms with Gasteiger partial charge in [0.05, 0.1) is 11.7 Å². The van der Waals surface area contributed by atoms with Crippen LogP contribution in [0.4, 0.5) is 5.69 Å². The number of hydrogen-bond acceptors (Lipinski definition) is 3. The van der Waals surface area contributed by atoms with Crippen LogP contribution < -0.4 is 4.90 Å². The fraction of sp³-hybridized carbons (Fsp3) is 0.125. The summed E-state index contributed by atoms with van der Waals surface area (Å²) in [5.74, 6) is 0.0300. The lowest BCUT2D eigenvalue weighted by Gasteiger charge is -2.21. The molecule has 5 nitrogen and oxygen atoms in total. The minimum Gasteiger partial charge on any atom is -0.508 e. The molecule has 0 saturated heterocycles. The van der Waals surface area contributed by atoms with Crippen molar-refractivity contribution < 1.29 is 9.90 Å². The van der Waals surface area contributed by atoms with Crippen molar-refractivity contribution in [2.45, 2.75) is 6.92 Å². The first-order chi connectivity index (χ1) is 10.2. The van der Waals surface area contributed by atoms with E-state index in [-0.39, 0.29) is 11.7 Å². The second-order valence-electron chi connectivity index (χ2n) is 4.74. The van der Waals surface area contributed by atoms with Crippen molar-refractivity contribution in [3.05, 3.63) is 54.2 Å². The highest BCUT2D eigenvalue weighted by molar-refractivity contribution is 6.07. The Morgan fingerprint density at radius 2 is 2.14 bits per heavy atom. The predicted octanol–water partition coefficient (Wildman–Crippen LogP) is 2.94. The largest absolute Gasteiger partial charge is 0.508 e. The van der Waals surface area contributed by atoms with Crippen LogP contribution in [-0.4, -0.2) is 27.8 Å². The summed E-state index contributed by atoms with van der Waals surface area (Å²) in [4.78, 5) is 14.3. The van der Waals surface area contributed by atoms with Gasteiger partial charge in [-0.1, -0.05) is 12.1 Å². The number of rotatable bonds is 3. The number of nitrogens with zero attached hydrogens (tertiary/aromatic N) is 2. The maximum Gasteiger partial charge on any atom is 0.258 e. The number of nitrogens with one attached hydrogen (secondary N) is 1. The number of carbonyl (C=O) groups excluding carboxylic acids is 1. The van der Waals surface area contributed by atoms with Crippen molar-refractivity contribution in [1.82, 2.24) is 10.2 Å². The van der Waals surface area contributed by atoms with Crippen molar-refractivity contribution >= 4 is 22.5 Å². The number of carbonyl (C=O) groups is 1. The lowest BCUT2D eigenvalue weighted by molar-refractivity contribution is 0.0988. The van der Waals surface area contributed by atoms with Crippen LogP contribution in [0.25, 0.3) is 10.9 Å². The number of amides is 1. The topological polar surface area (TPSA) is 69.2 Å². The molecule has 0 aliphatic rings. The smallest absolute Gasteiger partial charge is 0.258 e. The monoisotopic (exact) mass is 281 g/mol. The SMILES string of the molecule is CCN(C(=O)c1ccc2cn[nH]c2c1)c1cccc(O)c1. The molecule has 0 aliphatic carbocycles. The van der Waals surface area contributed by atoms with Gasteiger partial charge in [-0.2, -0.15) is 5.10 Å². The second kappa shape index (κ2) is 5.28. The number of phenolic OH excluding ortho intramolecular Hbond substituents is 1. The normalized spacial score (nSPS) is 10.7. The molecule has 1 aromatic heterocycles. The molecule has 0 atom stereocenters. The third kappa shape index (κ3) is 2.45. The Bertz CT molecular complexity index is 795. The molecule has 0 aliphatic heterocycles. The van der Waals surface area contributed by atoms with Crippen LogP contribution in [0.1, 0.15) is 17.3 Å². The standard InChI is InChI=1S/C16H15N3O2/c1-2-19(13-4-3-5-14(20)9-13)16(21)11-6-7-12-10-17-18-15(12)8-11/h3-10,20H,2H2,1H3,(H,17,18). The zero-order valence-corrected chi connectivity index (χ0v) is 11.6. The fourth-order valence-electron chi connectivity index (χ4n) is 2.33. The minimum absolute atomic E-state index is 0.111. The van der Waals surface area contributed by atoms with Crippen molar-refractivity contribution in [1.29, 1.82) is 0 Å². The molecule has 5 heteroatoms. The van der Waals surface area contributed by atoms with Crippen molar-refractivity contribution in [3.8, 4) is 5.75 Å². The summed E-state index contributed by atoms with van der Waals surface area (Å²) in [7, 11) is 0. The number of phenols is 1. The van der Waals surface area contributed by atoms with Gasteiger partial charge in [0.15, 0.2) is 0 Å². The van der Waals surface area contributed by atoms with E-state index in [0.29, 0.717) is 17.8 Å². The highest BCUT2D eigenvalue weighted by Crippen LogP contribution is 2.22. The average molecular weight is 281 g/mol. The number of aromatic nitrogens is 2. The zero-order chi connectivity index (χ0) is 14.8. The summed E-state index contributed by atoms with van der Waals surface area (Å²) >= 11 is 0. The Labute approximate surface area is 121 Å². The summed E-state index contributed by atoms with van der Waals surface area (Å²) in [6.45, 7) is 2.42. The Morgan fingerprint density at radius 3 is 2.90 bits per heavy atom. The van der Waals surface area contributed by atoms with Gasteiger partial charge in [-0.3, -0.25) is 9.89 Å². The lowest BCUT2D eigenvalue weighted by Crippen LogP contribution is -2.30. The van der Waals surface area contributed by atoms with Crippen molar-refractivity contribution in [2.75, 3.05) is 11.4 Å². The summed E-state index contributed by atoms with van der Waals surface area (Å²) in [5.41, 5.74) is 2.08. The van der Waals surface area contributed by atoms with Crippen LogP contribution in [0.2, 0.25) is 0 Å². The fourth-order valence-corrected chi connectivity index (χ4v) is 2.33. The van der Waals surface area contributed by atoms with E-state index in [1.807, 2.05) is 13.0 Å². The molecular weight excluding hydrogens is 266 g/mol. The van der Waals surface area contributed by atoms with Gasteiger partial charge in [0, 0.05) is 29.2 Å². The Hall–Kier alpha value is -2.82. The Balaban J connectivity index is 1.98. The van der Waals surface area contributed by atoms with Crippen LogP contribution in [0, 0.1) is 0 Å². The molecule has 1 amide bonds. The molecule has 3 rings (SSSR count). The molecule has 21 heavy (non-hydrogen) atoms. The Morgan fingerprint density at radius 1 is 1.29 bits per heavy atom. The van der Waals surface area contributed by atoms with E-state index in [0.717, 1.165) is 10.9 Å². The minimum atomic E-state index is -0.111. The van der Waals surface area contributed by atoms with Crippen LogP contribution in [0.5, 0.6) is 5.75 Å². The van der Waals surface area contributed by atoms with E-state index >= 15 is 0 Å². The van der Waals surface area contributed by atoms with E-state index in [4.69, 9.17) is 0 Å². The van der Waals surface area contributed by atoms with Gasteiger partial charge in [0.25, 0.3) is 5.91 Å². The van der Waals surface area contributed by atoms with Gasteiger partial charge >= 0.3 is 0 Å². The molecule has 106 valence electrons. The first-order valence-corrected chi connectivity index (χ1v) is 6.73. The van der Waals surface area contributed by atoms with Gasteiger partial charge in [-0.15, -0.1) is 0 Å². The van der Waals surface area contributed by atoms with Crippen LogP contribution in [-0.2, 0) is 0 Å². The van der Waals surface area contributed by atoms with Crippen molar-refractivity contribution in [3.63, 3.8) is 0 Å². The van der Waals surface area contributed by atoms with Crippen LogP contribution in [0.3, 0.4) is 0 Å². The van der Waals surface area contributed by atoms with Gasteiger partial charge in [-0.05, 0) is 31.2 Å². The highest BCUT2D eigenvalue weighted by Gasteiger charge is 2.17. The summed E-state index contributed by atoms with van der Waals surface area (Å²) < 4.78 is 0. The number of benzene rings is 2. The summed E-state index contributed by atoms with van der Waals surface area (Å²) in [5, 5.41) is 17.4. The number of aromatic amines is 1. The third-order valence-corrected chi connectivity index (χ3v) is 3.39. The molecule has 0 bridgehead atoms. The average Bonchev–Trinajstić information content (AvgIpc) is 2.95. The summed E-state index contributed by atoms with van der Waals surface area (Å²) in [6.07, 6.45) is 1.72. The van der Waals surface area contributed by atoms with Gasteiger partial charge < -0.3 is 10.0 Å². The van der Waals surface area contributed by atoms with E-state index in [1.54, 1.807) is 47.5 Å². The van der Waals surface area contributed by atoms with Crippen LogP contribution in [0.15, 0.2) is 48.7 Å². The van der Waals surface area contributed by atoms with Gasteiger partial charge in [0.2, 0.25) is 0 Å². The van der Waals surface area contributed by atoms with E-state index in [9.17, 15) is 9.90 Å². The molecule has 2 N–H and O–H groups in total. The van der Waals surface area contributed by atoms with Crippen molar-refractivity contribution in [2.24, 2.45) is 0 Å². The molecule has 1 heterocycles. The van der Waals surface area contributed by atoms with Crippen LogP contribution >= 0.6 is 0 Å². The predicted molar refractivity (Wildman–Crippen MR) is 81.6 cm³/mol. The maximum absolute atomic E-state index is 12.7. The Kier molecular flexibility index (Phi) is 3.31. The maximum atomic E-state index is 12.7. The first-order valence-electron chi connectivity index (χ1n) is 6.73. The second-order valence-corrected chi connectivity index (χ2v) is 4.74. The number of H-pyrrole nitrogens is 1. The summed E-state index contributed by atoms with van der Waals surface area (Å²) in [6, 6.07) is 12.1. The van der Waals surface area contributed by atoms with E-state index < -0.39 is 0 Å².